The quantitative estimate of drug-likeness (QED) is 0.901. The second-order valence-corrected chi connectivity index (χ2v) is 5.31. The summed E-state index contributed by atoms with van der Waals surface area (Å²) in [5.41, 5.74) is -0.110. The molecule has 1 N–H and O–H groups in total. The summed E-state index contributed by atoms with van der Waals surface area (Å²) in [7, 11) is 0. The van der Waals surface area contributed by atoms with E-state index in [1.165, 1.54) is 6.07 Å². The molecule has 1 aliphatic heterocycles. The summed E-state index contributed by atoms with van der Waals surface area (Å²) >= 11 is 5.60. The summed E-state index contributed by atoms with van der Waals surface area (Å²) in [5, 5.41) is 3.05. The van der Waals surface area contributed by atoms with Crippen molar-refractivity contribution >= 4 is 11.6 Å². The molecule has 6 heteroatoms. The first-order valence-corrected chi connectivity index (χ1v) is 6.55. The van der Waals surface area contributed by atoms with Gasteiger partial charge in [0, 0.05) is 32.2 Å². The molecular formula is C13H16ClF3N2. The van der Waals surface area contributed by atoms with Crippen LogP contribution in [0.1, 0.15) is 18.1 Å². The Balaban J connectivity index is 2.13. The smallest absolute Gasteiger partial charge is 0.312 e. The topological polar surface area (TPSA) is 15.3 Å². The van der Waals surface area contributed by atoms with E-state index in [1.54, 1.807) is 6.07 Å². The summed E-state index contributed by atoms with van der Waals surface area (Å²) in [6.07, 6.45) is -4.40. The van der Waals surface area contributed by atoms with Crippen LogP contribution >= 0.6 is 11.6 Å². The molecule has 2 rings (SSSR count). The van der Waals surface area contributed by atoms with Crippen LogP contribution in [-0.4, -0.2) is 30.6 Å². The zero-order chi connectivity index (χ0) is 14.0. The third-order valence-electron chi connectivity index (χ3n) is 3.20. The summed E-state index contributed by atoms with van der Waals surface area (Å²) in [5.74, 6) is 0. The first kappa shape index (κ1) is 14.6. The highest BCUT2D eigenvalue weighted by Crippen LogP contribution is 2.35. The van der Waals surface area contributed by atoms with Crippen LogP contribution in [0.5, 0.6) is 0 Å². The van der Waals surface area contributed by atoms with E-state index in [0.717, 1.165) is 25.7 Å². The fourth-order valence-electron chi connectivity index (χ4n) is 2.30. The molecule has 1 atom stereocenters. The standard InChI is InChI=1S/C13H16ClF3N2/c1-9-7-19(5-4-18-9)8-10-2-3-12(14)11(6-10)13(15,16)17/h2-3,6,9,18H,4-5,7-8H2,1H3/t9-/m0/s1. The molecule has 0 bridgehead atoms. The number of halogens is 4. The fraction of sp³-hybridized carbons (Fsp3) is 0.538. The fourth-order valence-corrected chi connectivity index (χ4v) is 2.53. The maximum Gasteiger partial charge on any atom is 0.417 e. The van der Waals surface area contributed by atoms with E-state index in [1.807, 2.05) is 0 Å². The Morgan fingerprint density at radius 3 is 2.79 bits per heavy atom. The third kappa shape index (κ3) is 3.84. The number of alkyl halides is 3. The molecule has 0 unspecified atom stereocenters. The molecule has 1 aromatic rings. The highest BCUT2D eigenvalue weighted by Gasteiger charge is 2.33. The second kappa shape index (κ2) is 5.69. The van der Waals surface area contributed by atoms with E-state index < -0.39 is 11.7 Å². The minimum absolute atomic E-state index is 0.245. The van der Waals surface area contributed by atoms with Gasteiger partial charge >= 0.3 is 6.18 Å². The van der Waals surface area contributed by atoms with E-state index in [2.05, 4.69) is 17.1 Å². The largest absolute Gasteiger partial charge is 0.417 e. The number of nitrogens with zero attached hydrogens (tertiary/aromatic N) is 1. The van der Waals surface area contributed by atoms with Crippen molar-refractivity contribution in [1.82, 2.24) is 10.2 Å². The van der Waals surface area contributed by atoms with E-state index in [0.29, 0.717) is 18.2 Å². The molecule has 1 saturated heterocycles. The Kier molecular flexibility index (Phi) is 4.38. The van der Waals surface area contributed by atoms with Crippen LogP contribution in [0.15, 0.2) is 18.2 Å². The van der Waals surface area contributed by atoms with Gasteiger partial charge in [0.05, 0.1) is 10.6 Å². The van der Waals surface area contributed by atoms with Crippen molar-refractivity contribution in [2.45, 2.75) is 25.7 Å². The molecule has 0 radical (unpaired) electrons. The minimum Gasteiger partial charge on any atom is -0.312 e. The number of hydrogen-bond acceptors (Lipinski definition) is 2. The predicted octanol–water partition coefficient (Wildman–Crippen LogP) is 3.15. The Hall–Kier alpha value is -0.780. The van der Waals surface area contributed by atoms with E-state index >= 15 is 0 Å². The van der Waals surface area contributed by atoms with Gasteiger partial charge in [-0.2, -0.15) is 13.2 Å². The van der Waals surface area contributed by atoms with Gasteiger partial charge in [0.1, 0.15) is 0 Å². The van der Waals surface area contributed by atoms with Gasteiger partial charge < -0.3 is 5.32 Å². The number of rotatable bonds is 2. The zero-order valence-corrected chi connectivity index (χ0v) is 11.4. The molecule has 0 saturated carbocycles. The van der Waals surface area contributed by atoms with Gasteiger partial charge in [-0.25, -0.2) is 0 Å². The molecular weight excluding hydrogens is 277 g/mol. The van der Waals surface area contributed by atoms with Crippen LogP contribution in [0.4, 0.5) is 13.2 Å². The number of piperazine rings is 1. The molecule has 19 heavy (non-hydrogen) atoms. The monoisotopic (exact) mass is 292 g/mol. The molecule has 0 amide bonds. The predicted molar refractivity (Wildman–Crippen MR) is 69.2 cm³/mol. The second-order valence-electron chi connectivity index (χ2n) is 4.90. The average Bonchev–Trinajstić information content (AvgIpc) is 2.30. The Morgan fingerprint density at radius 2 is 2.16 bits per heavy atom. The molecule has 106 valence electrons. The van der Waals surface area contributed by atoms with Gasteiger partial charge in [-0.15, -0.1) is 0 Å². The summed E-state index contributed by atoms with van der Waals surface area (Å²) in [6.45, 7) is 5.13. The summed E-state index contributed by atoms with van der Waals surface area (Å²) in [6, 6.07) is 4.49. The van der Waals surface area contributed by atoms with Gasteiger partial charge in [-0.3, -0.25) is 4.90 Å². The molecule has 1 aliphatic rings. The maximum atomic E-state index is 12.8. The highest BCUT2D eigenvalue weighted by molar-refractivity contribution is 6.31. The number of nitrogens with one attached hydrogen (secondary N) is 1. The van der Waals surface area contributed by atoms with Gasteiger partial charge in [-0.1, -0.05) is 17.7 Å². The van der Waals surface area contributed by atoms with Crippen molar-refractivity contribution in [2.75, 3.05) is 19.6 Å². The number of benzene rings is 1. The SMILES string of the molecule is C[C@H]1CN(Cc2ccc(Cl)c(C(F)(F)F)c2)CCN1. The van der Waals surface area contributed by atoms with Gasteiger partial charge in [0.2, 0.25) is 0 Å². The van der Waals surface area contributed by atoms with Crippen LogP contribution in [-0.2, 0) is 12.7 Å². The average molecular weight is 293 g/mol. The van der Waals surface area contributed by atoms with Crippen LogP contribution in [0.25, 0.3) is 0 Å². The van der Waals surface area contributed by atoms with Crippen molar-refractivity contribution in [2.24, 2.45) is 0 Å². The first-order valence-electron chi connectivity index (χ1n) is 6.17. The third-order valence-corrected chi connectivity index (χ3v) is 3.52. The molecule has 1 heterocycles. The van der Waals surface area contributed by atoms with E-state index in [-0.39, 0.29) is 5.02 Å². The minimum atomic E-state index is -4.40. The first-order chi connectivity index (χ1) is 8.86. The number of hydrogen-bond donors (Lipinski definition) is 1. The van der Waals surface area contributed by atoms with Crippen molar-refractivity contribution in [3.05, 3.63) is 34.3 Å². The van der Waals surface area contributed by atoms with Crippen molar-refractivity contribution in [3.8, 4) is 0 Å². The van der Waals surface area contributed by atoms with Gasteiger partial charge in [0.15, 0.2) is 0 Å². The van der Waals surface area contributed by atoms with Crippen molar-refractivity contribution in [1.29, 1.82) is 0 Å². The molecule has 2 nitrogen and oxygen atoms in total. The lowest BCUT2D eigenvalue weighted by molar-refractivity contribution is -0.137. The summed E-state index contributed by atoms with van der Waals surface area (Å²) < 4.78 is 38.3. The lowest BCUT2D eigenvalue weighted by Crippen LogP contribution is -2.48. The lowest BCUT2D eigenvalue weighted by Gasteiger charge is -2.32. The van der Waals surface area contributed by atoms with Crippen LogP contribution in [0, 0.1) is 0 Å². The Bertz CT molecular complexity index is 448. The molecule has 0 spiro atoms. The van der Waals surface area contributed by atoms with Crippen LogP contribution in [0.2, 0.25) is 5.02 Å². The molecule has 0 aliphatic carbocycles. The zero-order valence-electron chi connectivity index (χ0n) is 10.6. The Labute approximate surface area is 115 Å². The summed E-state index contributed by atoms with van der Waals surface area (Å²) in [4.78, 5) is 2.14. The van der Waals surface area contributed by atoms with Crippen molar-refractivity contribution < 1.29 is 13.2 Å². The highest BCUT2D eigenvalue weighted by atomic mass is 35.5. The van der Waals surface area contributed by atoms with E-state index in [4.69, 9.17) is 11.6 Å². The maximum absolute atomic E-state index is 12.8. The van der Waals surface area contributed by atoms with Crippen LogP contribution in [0.3, 0.4) is 0 Å². The molecule has 0 aromatic heterocycles. The van der Waals surface area contributed by atoms with Crippen molar-refractivity contribution in [3.63, 3.8) is 0 Å². The van der Waals surface area contributed by atoms with E-state index in [9.17, 15) is 13.2 Å². The van der Waals surface area contributed by atoms with Gasteiger partial charge in [0.25, 0.3) is 0 Å². The molecule has 1 fully saturated rings. The van der Waals surface area contributed by atoms with Gasteiger partial charge in [-0.05, 0) is 24.6 Å². The normalized spacial score (nSPS) is 21.6. The lowest BCUT2D eigenvalue weighted by atomic mass is 10.1. The molecule has 1 aromatic carbocycles. The van der Waals surface area contributed by atoms with Crippen LogP contribution < -0.4 is 5.32 Å². The Morgan fingerprint density at radius 1 is 1.42 bits per heavy atom.